The van der Waals surface area contributed by atoms with Crippen LogP contribution in [0.15, 0.2) is 45.8 Å². The summed E-state index contributed by atoms with van der Waals surface area (Å²) in [6.07, 6.45) is 4.55. The maximum Gasteiger partial charge on any atom is 0.294 e. The van der Waals surface area contributed by atoms with E-state index < -0.39 is 11.1 Å². The van der Waals surface area contributed by atoms with Gasteiger partial charge in [-0.1, -0.05) is 12.1 Å². The molecule has 2 aliphatic rings. The van der Waals surface area contributed by atoms with Crippen molar-refractivity contribution in [2.75, 3.05) is 26.7 Å². The average Bonchev–Trinajstić information content (AvgIpc) is 3.11. The topological polar surface area (TPSA) is 76.2 Å². The number of halogens is 2. The Morgan fingerprint density at radius 2 is 1.86 bits per heavy atom. The van der Waals surface area contributed by atoms with E-state index in [2.05, 4.69) is 15.9 Å². The van der Waals surface area contributed by atoms with E-state index in [0.29, 0.717) is 34.6 Å². The summed E-state index contributed by atoms with van der Waals surface area (Å²) < 4.78 is 25.1. The number of hydrogen-bond donors (Lipinski definition) is 0. The highest BCUT2D eigenvalue weighted by atomic mass is 79.9. The number of ether oxygens (including phenoxy) is 2. The lowest BCUT2D eigenvalue weighted by Gasteiger charge is -2.27. The molecule has 0 aliphatic carbocycles. The molecule has 2 aromatic rings. The molecule has 0 unspecified atom stereocenters. The smallest absolute Gasteiger partial charge is 0.294 e. The number of nitrogens with zero attached hydrogens (tertiary/aromatic N) is 2. The molecule has 0 atom stereocenters. The summed E-state index contributed by atoms with van der Waals surface area (Å²) >= 11 is 4.28. The van der Waals surface area contributed by atoms with Crippen molar-refractivity contribution in [2.24, 2.45) is 0 Å². The predicted octanol–water partition coefficient (Wildman–Crippen LogP) is 5.22. The molecule has 2 fully saturated rings. The van der Waals surface area contributed by atoms with Gasteiger partial charge in [0, 0.05) is 13.1 Å². The van der Waals surface area contributed by atoms with Gasteiger partial charge in [-0.25, -0.2) is 4.39 Å². The highest BCUT2D eigenvalue weighted by molar-refractivity contribution is 9.10. The van der Waals surface area contributed by atoms with Crippen LogP contribution in [0.25, 0.3) is 6.08 Å². The normalized spacial score (nSPS) is 17.3. The van der Waals surface area contributed by atoms with Crippen molar-refractivity contribution in [1.82, 2.24) is 9.80 Å². The van der Waals surface area contributed by atoms with Gasteiger partial charge in [-0.15, -0.1) is 0 Å². The summed E-state index contributed by atoms with van der Waals surface area (Å²) in [5, 5.41) is -0.461. The molecule has 4 rings (SSSR count). The number of thioether (sulfide) groups is 1. The van der Waals surface area contributed by atoms with Crippen molar-refractivity contribution in [1.29, 1.82) is 0 Å². The van der Waals surface area contributed by atoms with Crippen LogP contribution in [-0.2, 0) is 16.2 Å². The maximum atomic E-state index is 13.1. The van der Waals surface area contributed by atoms with Crippen molar-refractivity contribution in [2.45, 2.75) is 25.9 Å². The zero-order valence-electron chi connectivity index (χ0n) is 19.1. The van der Waals surface area contributed by atoms with Gasteiger partial charge in [0.1, 0.15) is 19.0 Å². The van der Waals surface area contributed by atoms with Crippen molar-refractivity contribution >= 4 is 50.8 Å². The van der Waals surface area contributed by atoms with Crippen molar-refractivity contribution in [3.63, 3.8) is 0 Å². The molecule has 0 saturated carbocycles. The van der Waals surface area contributed by atoms with Crippen LogP contribution in [0.3, 0.4) is 0 Å². The van der Waals surface area contributed by atoms with Gasteiger partial charge in [-0.05, 0) is 88.4 Å². The van der Waals surface area contributed by atoms with E-state index in [1.807, 2.05) is 0 Å². The van der Waals surface area contributed by atoms with E-state index in [1.165, 1.54) is 19.2 Å². The van der Waals surface area contributed by atoms with E-state index in [4.69, 9.17) is 9.47 Å². The highest BCUT2D eigenvalue weighted by Crippen LogP contribution is 2.39. The fourth-order valence-corrected chi connectivity index (χ4v) is 5.28. The zero-order valence-corrected chi connectivity index (χ0v) is 21.5. The van der Waals surface area contributed by atoms with Gasteiger partial charge in [0.05, 0.1) is 16.5 Å². The van der Waals surface area contributed by atoms with E-state index in [1.54, 1.807) is 35.2 Å². The van der Waals surface area contributed by atoms with Crippen molar-refractivity contribution in [3.05, 3.63) is 62.7 Å². The molecule has 0 aromatic heterocycles. The summed E-state index contributed by atoms with van der Waals surface area (Å²) in [4.78, 5) is 40.8. The molecule has 7 nitrogen and oxygen atoms in total. The third-order valence-corrected chi connectivity index (χ3v) is 7.22. The van der Waals surface area contributed by atoms with Gasteiger partial charge in [-0.3, -0.25) is 19.3 Å². The summed E-state index contributed by atoms with van der Waals surface area (Å²) in [5.41, 5.74) is 1.41. The zero-order chi connectivity index (χ0) is 24.9. The van der Waals surface area contributed by atoms with Gasteiger partial charge in [0.2, 0.25) is 5.91 Å². The molecule has 35 heavy (non-hydrogen) atoms. The lowest BCUT2D eigenvalue weighted by atomic mass is 10.1. The Labute approximate surface area is 215 Å². The Hall–Kier alpha value is -2.85. The van der Waals surface area contributed by atoms with Gasteiger partial charge in [0.25, 0.3) is 11.1 Å². The SMILES string of the molecule is COc1cc(/C=C2/SC(=O)N(CC(=O)N3CCCCC3)C2=O)cc(Br)c1OCc1ccc(F)cc1. The second-order valence-corrected chi connectivity index (χ2v) is 10.0. The Kier molecular flexibility index (Phi) is 8.12. The Bertz CT molecular complexity index is 1170. The third kappa shape index (κ3) is 6.05. The molecule has 0 radical (unpaired) electrons. The average molecular weight is 563 g/mol. The molecule has 10 heteroatoms. The summed E-state index contributed by atoms with van der Waals surface area (Å²) in [5.74, 6) is -0.143. The second kappa shape index (κ2) is 11.3. The first-order chi connectivity index (χ1) is 16.9. The molecule has 3 amide bonds. The molecule has 0 N–H and O–H groups in total. The molecule has 0 spiro atoms. The first-order valence-corrected chi connectivity index (χ1v) is 12.7. The number of benzene rings is 2. The standard InChI is InChI=1S/C25H24BrFN2O5S/c1-33-20-12-17(11-19(26)23(20)34-15-16-5-7-18(27)8-6-16)13-21-24(31)29(25(32)35-21)14-22(30)28-9-3-2-4-10-28/h5-8,11-13H,2-4,9-10,14-15H2,1H3/b21-13+. The number of rotatable bonds is 7. The fourth-order valence-electron chi connectivity index (χ4n) is 3.87. The Morgan fingerprint density at radius 1 is 1.14 bits per heavy atom. The lowest BCUT2D eigenvalue weighted by molar-refractivity contribution is -0.136. The van der Waals surface area contributed by atoms with Crippen LogP contribution < -0.4 is 9.47 Å². The third-order valence-electron chi connectivity index (χ3n) is 5.72. The highest BCUT2D eigenvalue weighted by Gasteiger charge is 2.37. The Balaban J connectivity index is 1.47. The van der Waals surface area contributed by atoms with Crippen LogP contribution in [0.4, 0.5) is 9.18 Å². The van der Waals surface area contributed by atoms with Crippen LogP contribution in [0.1, 0.15) is 30.4 Å². The van der Waals surface area contributed by atoms with E-state index in [9.17, 15) is 18.8 Å². The number of carbonyl (C=O) groups excluding carboxylic acids is 3. The first kappa shape index (κ1) is 25.2. The van der Waals surface area contributed by atoms with E-state index >= 15 is 0 Å². The molecule has 184 valence electrons. The minimum Gasteiger partial charge on any atom is -0.493 e. The number of hydrogen-bond acceptors (Lipinski definition) is 6. The van der Waals surface area contributed by atoms with Crippen molar-refractivity contribution in [3.8, 4) is 11.5 Å². The van der Waals surface area contributed by atoms with E-state index in [0.717, 1.165) is 41.5 Å². The van der Waals surface area contributed by atoms with Gasteiger partial charge >= 0.3 is 0 Å². The minimum absolute atomic E-state index is 0.207. The van der Waals surface area contributed by atoms with Gasteiger partial charge < -0.3 is 14.4 Å². The number of carbonyl (C=O) groups is 3. The van der Waals surface area contributed by atoms with E-state index in [-0.39, 0.29) is 29.8 Å². The number of methoxy groups -OCH3 is 1. The molecule has 2 aliphatic heterocycles. The van der Waals surface area contributed by atoms with Crippen LogP contribution in [-0.4, -0.2) is 53.6 Å². The molecule has 2 aromatic carbocycles. The number of imide groups is 1. The fraction of sp³-hybridized carbons (Fsp3) is 0.320. The molecule has 0 bridgehead atoms. The number of likely N-dealkylation sites (tertiary alicyclic amines) is 1. The maximum absolute atomic E-state index is 13.1. The van der Waals surface area contributed by atoms with Gasteiger partial charge in [0.15, 0.2) is 11.5 Å². The molecule has 2 heterocycles. The van der Waals surface area contributed by atoms with Gasteiger partial charge in [-0.2, -0.15) is 0 Å². The van der Waals surface area contributed by atoms with Crippen LogP contribution >= 0.6 is 27.7 Å². The molecular weight excluding hydrogens is 539 g/mol. The summed E-state index contributed by atoms with van der Waals surface area (Å²) in [6, 6.07) is 9.43. The Morgan fingerprint density at radius 3 is 2.54 bits per heavy atom. The van der Waals surface area contributed by atoms with Crippen LogP contribution in [0.5, 0.6) is 11.5 Å². The molecular formula is C25H24BrFN2O5S. The largest absolute Gasteiger partial charge is 0.493 e. The quantitative estimate of drug-likeness (QED) is 0.430. The molecule has 2 saturated heterocycles. The second-order valence-electron chi connectivity index (χ2n) is 8.16. The summed E-state index contributed by atoms with van der Waals surface area (Å²) in [7, 11) is 1.50. The number of amides is 3. The van der Waals surface area contributed by atoms with Crippen LogP contribution in [0, 0.1) is 5.82 Å². The van der Waals surface area contributed by atoms with Crippen LogP contribution in [0.2, 0.25) is 0 Å². The summed E-state index contributed by atoms with van der Waals surface area (Å²) in [6.45, 7) is 1.28. The lowest BCUT2D eigenvalue weighted by Crippen LogP contribution is -2.44. The minimum atomic E-state index is -0.489. The predicted molar refractivity (Wildman–Crippen MR) is 135 cm³/mol. The number of piperidine rings is 1. The first-order valence-electron chi connectivity index (χ1n) is 11.1. The monoisotopic (exact) mass is 562 g/mol. The van der Waals surface area contributed by atoms with Crippen molar-refractivity contribution < 1.29 is 28.2 Å².